The Kier molecular flexibility index (Phi) is 7.19. The molecule has 1 aromatic carbocycles. The minimum absolute atomic E-state index is 0.0295. The molecule has 0 bridgehead atoms. The number of carbonyl (C=O) groups excluding carboxylic acids is 1. The van der Waals surface area contributed by atoms with Gasteiger partial charge in [0.15, 0.2) is 5.82 Å². The van der Waals surface area contributed by atoms with Crippen molar-refractivity contribution in [2.75, 3.05) is 25.1 Å². The third-order valence-electron chi connectivity index (χ3n) is 7.05. The molecule has 0 spiro atoms. The third-order valence-corrected chi connectivity index (χ3v) is 7.05. The number of hydrogen-bond acceptors (Lipinski definition) is 9. The van der Waals surface area contributed by atoms with Gasteiger partial charge in [-0.1, -0.05) is 6.07 Å². The Labute approximate surface area is 230 Å². The van der Waals surface area contributed by atoms with Crippen LogP contribution in [0.15, 0.2) is 42.6 Å². The lowest BCUT2D eigenvalue weighted by atomic mass is 9.86. The number of rotatable bonds is 6. The fraction of sp³-hybridized carbons (Fsp3) is 0.464. The number of halogens is 2. The average molecular weight is 555 g/mol. The number of ether oxygens (including phenoxy) is 2. The standard InChI is InChI=1S/C28H32F2N6O4/c1-27(2,3)40-26(38)36(20-13-28(29,30)14-20)19-9-10-35(16-19)24-8-7-22(32-33-24)21-6-5-17(11-23(21)37)18-12-25(39-4)34-31-15-18/h5-8,11-12,15,19-20,37H,9-10,13-14,16H2,1-4H3. The number of aromatic nitrogens is 4. The summed E-state index contributed by atoms with van der Waals surface area (Å²) in [5.41, 5.74) is 1.75. The normalized spacial score (nSPS) is 18.8. The highest BCUT2D eigenvalue weighted by molar-refractivity contribution is 5.74. The number of amides is 1. The topological polar surface area (TPSA) is 114 Å². The van der Waals surface area contributed by atoms with Gasteiger partial charge in [-0.05, 0) is 57.0 Å². The molecular formula is C28H32F2N6O4. The molecule has 12 heteroatoms. The minimum atomic E-state index is -2.75. The Morgan fingerprint density at radius 1 is 1.07 bits per heavy atom. The Morgan fingerprint density at radius 3 is 2.48 bits per heavy atom. The Bertz CT molecular complexity index is 1370. The van der Waals surface area contributed by atoms with Gasteiger partial charge in [-0.25, -0.2) is 13.6 Å². The highest BCUT2D eigenvalue weighted by atomic mass is 19.3. The number of phenols is 1. The van der Waals surface area contributed by atoms with Crippen LogP contribution in [0, 0.1) is 0 Å². The van der Waals surface area contributed by atoms with E-state index >= 15 is 0 Å². The molecule has 2 aliphatic rings. The zero-order valence-electron chi connectivity index (χ0n) is 22.8. The van der Waals surface area contributed by atoms with Crippen LogP contribution in [-0.2, 0) is 4.74 Å². The molecule has 212 valence electrons. The molecule has 2 aromatic heterocycles. The second-order valence-electron chi connectivity index (χ2n) is 11.2. The maximum Gasteiger partial charge on any atom is 0.410 e. The summed E-state index contributed by atoms with van der Waals surface area (Å²) in [4.78, 5) is 16.5. The summed E-state index contributed by atoms with van der Waals surface area (Å²) in [5.74, 6) is -1.76. The molecule has 2 fully saturated rings. The van der Waals surface area contributed by atoms with Gasteiger partial charge in [0, 0.05) is 49.2 Å². The fourth-order valence-electron chi connectivity index (χ4n) is 5.08. The largest absolute Gasteiger partial charge is 0.507 e. The highest BCUT2D eigenvalue weighted by Gasteiger charge is 2.52. The molecule has 1 atom stereocenters. The van der Waals surface area contributed by atoms with Crippen LogP contribution >= 0.6 is 0 Å². The number of carbonyl (C=O) groups is 1. The van der Waals surface area contributed by atoms with Crippen LogP contribution in [-0.4, -0.2) is 80.3 Å². The van der Waals surface area contributed by atoms with Gasteiger partial charge >= 0.3 is 6.09 Å². The molecule has 1 amide bonds. The van der Waals surface area contributed by atoms with Crippen LogP contribution in [0.3, 0.4) is 0 Å². The summed E-state index contributed by atoms with van der Waals surface area (Å²) >= 11 is 0. The smallest absolute Gasteiger partial charge is 0.410 e. The van der Waals surface area contributed by atoms with E-state index in [4.69, 9.17) is 9.47 Å². The molecule has 10 nitrogen and oxygen atoms in total. The van der Waals surface area contributed by atoms with E-state index in [1.807, 2.05) is 11.0 Å². The quantitative estimate of drug-likeness (QED) is 0.453. The van der Waals surface area contributed by atoms with Gasteiger partial charge in [0.25, 0.3) is 5.92 Å². The van der Waals surface area contributed by atoms with E-state index in [1.54, 1.807) is 57.3 Å². The molecule has 1 aliphatic carbocycles. The predicted octanol–water partition coefficient (Wildman–Crippen LogP) is 4.93. The Balaban J connectivity index is 1.29. The summed E-state index contributed by atoms with van der Waals surface area (Å²) in [7, 11) is 1.51. The van der Waals surface area contributed by atoms with Crippen molar-refractivity contribution in [1.82, 2.24) is 25.3 Å². The summed E-state index contributed by atoms with van der Waals surface area (Å²) in [6.45, 7) is 6.30. The van der Waals surface area contributed by atoms with Crippen molar-refractivity contribution in [3.05, 3.63) is 42.6 Å². The summed E-state index contributed by atoms with van der Waals surface area (Å²) in [5, 5.41) is 27.2. The maximum atomic E-state index is 13.7. The molecule has 5 rings (SSSR count). The molecule has 1 aliphatic heterocycles. The van der Waals surface area contributed by atoms with Crippen LogP contribution in [0.4, 0.5) is 19.4 Å². The fourth-order valence-corrected chi connectivity index (χ4v) is 5.08. The number of nitrogens with zero attached hydrogens (tertiary/aromatic N) is 6. The first-order chi connectivity index (χ1) is 18.9. The second-order valence-corrected chi connectivity index (χ2v) is 11.2. The lowest BCUT2D eigenvalue weighted by Crippen LogP contribution is -2.58. The van der Waals surface area contributed by atoms with Gasteiger partial charge in [0.05, 0.1) is 25.0 Å². The third kappa shape index (κ3) is 5.90. The van der Waals surface area contributed by atoms with Crippen LogP contribution in [0.2, 0.25) is 0 Å². The lowest BCUT2D eigenvalue weighted by molar-refractivity contribution is -0.127. The van der Waals surface area contributed by atoms with Crippen LogP contribution in [0.1, 0.15) is 40.0 Å². The lowest BCUT2D eigenvalue weighted by Gasteiger charge is -2.45. The van der Waals surface area contributed by atoms with Gasteiger partial charge in [-0.3, -0.25) is 4.90 Å². The van der Waals surface area contributed by atoms with Crippen molar-refractivity contribution in [3.8, 4) is 34.0 Å². The molecular weight excluding hydrogens is 522 g/mol. The zero-order chi connectivity index (χ0) is 28.7. The first kappa shape index (κ1) is 27.5. The molecule has 1 saturated heterocycles. The van der Waals surface area contributed by atoms with E-state index in [0.29, 0.717) is 42.5 Å². The molecule has 3 aromatic rings. The Morgan fingerprint density at radius 2 is 1.85 bits per heavy atom. The molecule has 1 saturated carbocycles. The van der Waals surface area contributed by atoms with Crippen molar-refractivity contribution in [2.45, 2.75) is 63.6 Å². The van der Waals surface area contributed by atoms with E-state index in [1.165, 1.54) is 12.0 Å². The van der Waals surface area contributed by atoms with Crippen molar-refractivity contribution in [1.29, 1.82) is 0 Å². The van der Waals surface area contributed by atoms with Crippen molar-refractivity contribution < 1.29 is 28.2 Å². The van der Waals surface area contributed by atoms with Gasteiger partial charge in [-0.15, -0.1) is 15.3 Å². The zero-order valence-corrected chi connectivity index (χ0v) is 22.8. The van der Waals surface area contributed by atoms with E-state index in [2.05, 4.69) is 20.4 Å². The highest BCUT2D eigenvalue weighted by Crippen LogP contribution is 2.42. The van der Waals surface area contributed by atoms with Crippen LogP contribution in [0.25, 0.3) is 22.4 Å². The number of aromatic hydroxyl groups is 1. The SMILES string of the molecule is COc1cc(-c2ccc(-c3ccc(N4CCC(N(C(=O)OC(C)(C)C)C5CC(F)(F)C5)C4)nn3)c(O)c2)cnn1. The summed E-state index contributed by atoms with van der Waals surface area (Å²) in [6.07, 6.45) is 0.896. The monoisotopic (exact) mass is 554 g/mol. The van der Waals surface area contributed by atoms with Crippen LogP contribution < -0.4 is 9.64 Å². The van der Waals surface area contributed by atoms with Gasteiger partial charge < -0.3 is 19.5 Å². The predicted molar refractivity (Wildman–Crippen MR) is 143 cm³/mol. The van der Waals surface area contributed by atoms with Crippen molar-refractivity contribution in [2.24, 2.45) is 0 Å². The number of alkyl halides is 2. The molecule has 1 unspecified atom stereocenters. The van der Waals surface area contributed by atoms with E-state index < -0.39 is 23.7 Å². The average Bonchev–Trinajstić information content (AvgIpc) is 3.36. The molecule has 0 radical (unpaired) electrons. The molecule has 40 heavy (non-hydrogen) atoms. The number of hydrogen-bond donors (Lipinski definition) is 1. The number of benzene rings is 1. The van der Waals surface area contributed by atoms with Gasteiger partial charge in [-0.2, -0.15) is 5.10 Å². The number of phenolic OH excluding ortho intramolecular Hbond substituents is 1. The van der Waals surface area contributed by atoms with Crippen LogP contribution in [0.5, 0.6) is 11.6 Å². The van der Waals surface area contributed by atoms with Crippen molar-refractivity contribution >= 4 is 11.9 Å². The first-order valence-corrected chi connectivity index (χ1v) is 13.1. The summed E-state index contributed by atoms with van der Waals surface area (Å²) < 4.78 is 38.1. The van der Waals surface area contributed by atoms with E-state index in [0.717, 1.165) is 11.1 Å². The van der Waals surface area contributed by atoms with Gasteiger partial charge in [0.2, 0.25) is 5.88 Å². The summed E-state index contributed by atoms with van der Waals surface area (Å²) in [6, 6.07) is 9.64. The molecule has 1 N–H and O–H groups in total. The van der Waals surface area contributed by atoms with Gasteiger partial charge in [0.1, 0.15) is 11.4 Å². The minimum Gasteiger partial charge on any atom is -0.507 e. The number of methoxy groups -OCH3 is 1. The van der Waals surface area contributed by atoms with E-state index in [-0.39, 0.29) is 24.6 Å². The second kappa shape index (κ2) is 10.5. The van der Waals surface area contributed by atoms with E-state index in [9.17, 15) is 18.7 Å². The molecule has 3 heterocycles. The first-order valence-electron chi connectivity index (χ1n) is 13.1. The number of anilines is 1. The Hall–Kier alpha value is -4.09. The maximum absolute atomic E-state index is 13.7. The van der Waals surface area contributed by atoms with Crippen molar-refractivity contribution in [3.63, 3.8) is 0 Å².